The highest BCUT2D eigenvalue weighted by molar-refractivity contribution is 7.48. The fourth-order valence-electron chi connectivity index (χ4n) is 0.938. The Bertz CT molecular complexity index is 359. The van der Waals surface area contributed by atoms with Crippen molar-refractivity contribution < 1.29 is 17.5 Å². The minimum absolute atomic E-state index is 0.0201. The number of rotatable bonds is 2. The molecule has 0 bridgehead atoms. The molecule has 0 unspecified atom stereocenters. The molecule has 0 spiro atoms. The highest BCUT2D eigenvalue weighted by atomic mass is 31.2. The van der Waals surface area contributed by atoms with Gasteiger partial charge in [-0.2, -0.15) is 0 Å². The zero-order chi connectivity index (χ0) is 10.1. The third-order valence-electron chi connectivity index (χ3n) is 1.76. The summed E-state index contributed by atoms with van der Waals surface area (Å²) in [7, 11) is -5.43. The lowest BCUT2D eigenvalue weighted by Gasteiger charge is -2.08. The smallest absolute Gasteiger partial charge is 0.398 e. The van der Waals surface area contributed by atoms with Gasteiger partial charge in [-0.25, -0.2) is 4.57 Å². The van der Waals surface area contributed by atoms with Crippen molar-refractivity contribution in [3.8, 4) is 5.75 Å². The Morgan fingerprint density at radius 3 is 2.46 bits per heavy atom. The van der Waals surface area contributed by atoms with Crippen LogP contribution >= 0.6 is 7.99 Å². The van der Waals surface area contributed by atoms with Crippen molar-refractivity contribution in [1.29, 1.82) is 0 Å². The first-order valence-corrected chi connectivity index (χ1v) is 5.06. The Balaban J connectivity index is 3.03. The molecule has 0 aliphatic heterocycles. The summed E-state index contributed by atoms with van der Waals surface area (Å²) in [6.45, 7) is 3.41. The Labute approximate surface area is 75.2 Å². The summed E-state index contributed by atoms with van der Waals surface area (Å²) in [6.07, 6.45) is 0. The van der Waals surface area contributed by atoms with E-state index in [0.29, 0.717) is 5.56 Å². The number of aryl methyl sites for hydroxylation is 1. The maximum absolute atomic E-state index is 12.1. The SMILES string of the molecule is Cc1cccc(OP(=O)(F)F)c1C. The number of hydrogen-bond donors (Lipinski definition) is 0. The van der Waals surface area contributed by atoms with Crippen LogP contribution < -0.4 is 4.52 Å². The van der Waals surface area contributed by atoms with Gasteiger partial charge in [0, 0.05) is 0 Å². The third kappa shape index (κ3) is 2.81. The molecule has 1 rings (SSSR count). The van der Waals surface area contributed by atoms with E-state index in [4.69, 9.17) is 0 Å². The summed E-state index contributed by atoms with van der Waals surface area (Å²) in [5.74, 6) is -0.0201. The van der Waals surface area contributed by atoms with Crippen molar-refractivity contribution in [3.63, 3.8) is 0 Å². The Kier molecular flexibility index (Phi) is 2.71. The molecule has 0 fully saturated rings. The van der Waals surface area contributed by atoms with E-state index in [9.17, 15) is 13.0 Å². The first-order chi connectivity index (χ1) is 5.90. The molecular weight excluding hydrogens is 197 g/mol. The second-order valence-electron chi connectivity index (χ2n) is 2.70. The van der Waals surface area contributed by atoms with Crippen molar-refractivity contribution in [3.05, 3.63) is 29.3 Å². The van der Waals surface area contributed by atoms with E-state index in [2.05, 4.69) is 4.52 Å². The zero-order valence-corrected chi connectivity index (χ0v) is 8.15. The zero-order valence-electron chi connectivity index (χ0n) is 7.25. The van der Waals surface area contributed by atoms with Crippen LogP contribution in [0.1, 0.15) is 11.1 Å². The summed E-state index contributed by atoms with van der Waals surface area (Å²) in [5.41, 5.74) is 1.41. The quantitative estimate of drug-likeness (QED) is 0.689. The van der Waals surface area contributed by atoms with Gasteiger partial charge in [0.2, 0.25) is 0 Å². The molecule has 0 saturated carbocycles. The molecule has 0 heterocycles. The van der Waals surface area contributed by atoms with Gasteiger partial charge in [-0.1, -0.05) is 12.1 Å². The Hall–Kier alpha value is -0.890. The van der Waals surface area contributed by atoms with Crippen LogP contribution in [0.5, 0.6) is 5.75 Å². The van der Waals surface area contributed by atoms with Gasteiger partial charge >= 0.3 is 7.99 Å². The van der Waals surface area contributed by atoms with Gasteiger partial charge in [0.25, 0.3) is 0 Å². The molecule has 0 amide bonds. The molecule has 0 atom stereocenters. The summed E-state index contributed by atoms with van der Waals surface area (Å²) >= 11 is 0. The maximum atomic E-state index is 12.1. The fraction of sp³-hybridized carbons (Fsp3) is 0.250. The van der Waals surface area contributed by atoms with Gasteiger partial charge in [-0.3, -0.25) is 0 Å². The molecule has 1 aromatic carbocycles. The van der Waals surface area contributed by atoms with Crippen molar-refractivity contribution in [2.24, 2.45) is 0 Å². The average Bonchev–Trinajstić information content (AvgIpc) is 1.96. The Morgan fingerprint density at radius 1 is 1.31 bits per heavy atom. The lowest BCUT2D eigenvalue weighted by Crippen LogP contribution is -1.88. The predicted molar refractivity (Wildman–Crippen MR) is 46.4 cm³/mol. The fourth-order valence-corrected chi connectivity index (χ4v) is 1.36. The van der Waals surface area contributed by atoms with E-state index in [-0.39, 0.29) is 5.75 Å². The van der Waals surface area contributed by atoms with Crippen LogP contribution in [0.15, 0.2) is 18.2 Å². The molecular formula is C8H9F2O2P. The van der Waals surface area contributed by atoms with E-state index >= 15 is 0 Å². The summed E-state index contributed by atoms with van der Waals surface area (Å²) in [4.78, 5) is 0. The number of hydrogen-bond acceptors (Lipinski definition) is 2. The summed E-state index contributed by atoms with van der Waals surface area (Å²) < 4.78 is 38.2. The largest absolute Gasteiger partial charge is 0.610 e. The molecule has 0 aromatic heterocycles. The predicted octanol–water partition coefficient (Wildman–Crippen LogP) is 3.73. The van der Waals surface area contributed by atoms with Crippen molar-refractivity contribution in [2.75, 3.05) is 0 Å². The standard InChI is InChI=1S/C8H9F2O2P/c1-6-4-3-5-8(7(6)2)12-13(9,10)11/h3-5H,1-2H3. The lowest BCUT2D eigenvalue weighted by atomic mass is 10.1. The molecule has 1 aromatic rings. The molecule has 0 radical (unpaired) electrons. The molecule has 72 valence electrons. The minimum Gasteiger partial charge on any atom is -0.398 e. The van der Waals surface area contributed by atoms with Crippen LogP contribution in [0.4, 0.5) is 8.39 Å². The first-order valence-electron chi connectivity index (χ1n) is 3.65. The van der Waals surface area contributed by atoms with Crippen LogP contribution in [0.25, 0.3) is 0 Å². The van der Waals surface area contributed by atoms with E-state index in [0.717, 1.165) is 5.56 Å². The van der Waals surface area contributed by atoms with Gasteiger partial charge in [-0.05, 0) is 31.0 Å². The second kappa shape index (κ2) is 3.46. The van der Waals surface area contributed by atoms with Gasteiger partial charge in [-0.15, -0.1) is 8.39 Å². The van der Waals surface area contributed by atoms with E-state index in [1.165, 1.54) is 6.07 Å². The molecule has 0 N–H and O–H groups in total. The van der Waals surface area contributed by atoms with Crippen LogP contribution in [-0.4, -0.2) is 0 Å². The topological polar surface area (TPSA) is 26.3 Å². The minimum atomic E-state index is -5.43. The van der Waals surface area contributed by atoms with Gasteiger partial charge in [0.15, 0.2) is 0 Å². The molecule has 13 heavy (non-hydrogen) atoms. The molecule has 0 aliphatic carbocycles. The van der Waals surface area contributed by atoms with Crippen LogP contribution in [0.3, 0.4) is 0 Å². The number of halogens is 2. The van der Waals surface area contributed by atoms with E-state index < -0.39 is 7.99 Å². The van der Waals surface area contributed by atoms with E-state index in [1.807, 2.05) is 0 Å². The molecule has 0 aliphatic rings. The van der Waals surface area contributed by atoms with Crippen LogP contribution in [0, 0.1) is 13.8 Å². The third-order valence-corrected chi connectivity index (χ3v) is 2.17. The lowest BCUT2D eigenvalue weighted by molar-refractivity contribution is 0.382. The molecule has 0 saturated heterocycles. The van der Waals surface area contributed by atoms with Crippen molar-refractivity contribution >= 4 is 7.99 Å². The highest BCUT2D eigenvalue weighted by Gasteiger charge is 2.23. The molecule has 2 nitrogen and oxygen atoms in total. The summed E-state index contributed by atoms with van der Waals surface area (Å²) in [5, 5.41) is 0. The van der Waals surface area contributed by atoms with Gasteiger partial charge in [0.05, 0.1) is 0 Å². The van der Waals surface area contributed by atoms with Gasteiger partial charge in [0.1, 0.15) is 5.75 Å². The monoisotopic (exact) mass is 206 g/mol. The normalized spacial score (nSPS) is 11.4. The molecule has 5 heteroatoms. The van der Waals surface area contributed by atoms with Crippen molar-refractivity contribution in [2.45, 2.75) is 13.8 Å². The van der Waals surface area contributed by atoms with Crippen LogP contribution in [0.2, 0.25) is 0 Å². The van der Waals surface area contributed by atoms with Crippen molar-refractivity contribution in [1.82, 2.24) is 0 Å². The first kappa shape index (κ1) is 10.2. The maximum Gasteiger partial charge on any atom is 0.610 e. The Morgan fingerprint density at radius 2 is 1.92 bits per heavy atom. The van der Waals surface area contributed by atoms with E-state index in [1.54, 1.807) is 26.0 Å². The van der Waals surface area contributed by atoms with Gasteiger partial charge < -0.3 is 4.52 Å². The number of benzene rings is 1. The highest BCUT2D eigenvalue weighted by Crippen LogP contribution is 2.50. The average molecular weight is 206 g/mol. The second-order valence-corrected chi connectivity index (χ2v) is 3.72. The van der Waals surface area contributed by atoms with Crippen LogP contribution in [-0.2, 0) is 4.57 Å². The summed E-state index contributed by atoms with van der Waals surface area (Å²) in [6, 6.07) is 4.71.